The molecule has 1 N–H and O–H groups in total. The smallest absolute Gasteiger partial charge is 0.257 e. The number of halogens is 1. The fourth-order valence-corrected chi connectivity index (χ4v) is 2.77. The van der Waals surface area contributed by atoms with E-state index in [1.165, 1.54) is 43.1 Å². The highest BCUT2D eigenvalue weighted by atomic mass is 32.2. The molecule has 0 radical (unpaired) electrons. The number of nitrogens with zero attached hydrogens (tertiary/aromatic N) is 1. The van der Waals surface area contributed by atoms with Crippen molar-refractivity contribution in [1.82, 2.24) is 4.90 Å². The van der Waals surface area contributed by atoms with Crippen LogP contribution < -0.4 is 4.72 Å². The molecule has 1 rings (SSSR count). The third kappa shape index (κ3) is 4.92. The Bertz CT molecular complexity index is 783. The average molecular weight is 354 g/mol. The van der Waals surface area contributed by atoms with Crippen molar-refractivity contribution in [2.45, 2.75) is 27.7 Å². The molecular weight excluding hydrogens is 331 g/mol. The number of carbonyl (C=O) groups excluding carboxylic acids is 1. The highest BCUT2D eigenvalue weighted by Gasteiger charge is 2.18. The molecule has 0 heterocycles. The molecule has 24 heavy (non-hydrogen) atoms. The van der Waals surface area contributed by atoms with E-state index in [1.54, 1.807) is 20.8 Å². The van der Waals surface area contributed by atoms with E-state index in [2.05, 4.69) is 11.3 Å². The number of aryl methyl sites for hydroxylation is 1. The number of benzene rings is 1. The number of sulfonamides is 1. The van der Waals surface area contributed by atoms with Crippen molar-refractivity contribution in [1.29, 1.82) is 0 Å². The zero-order valence-electron chi connectivity index (χ0n) is 14.6. The summed E-state index contributed by atoms with van der Waals surface area (Å²) >= 11 is 0. The van der Waals surface area contributed by atoms with Crippen LogP contribution in [0.4, 0.5) is 10.1 Å². The van der Waals surface area contributed by atoms with Gasteiger partial charge in [0.05, 0.1) is 4.91 Å². The lowest BCUT2D eigenvalue weighted by Crippen LogP contribution is -2.29. The van der Waals surface area contributed by atoms with Crippen molar-refractivity contribution in [3.63, 3.8) is 0 Å². The summed E-state index contributed by atoms with van der Waals surface area (Å²) in [6.45, 7) is 10.2. The summed E-state index contributed by atoms with van der Waals surface area (Å²) in [6, 6.07) is 3.94. The van der Waals surface area contributed by atoms with Crippen LogP contribution in [0.1, 0.15) is 26.3 Å². The lowest BCUT2D eigenvalue weighted by molar-refractivity contribution is -0.131. The van der Waals surface area contributed by atoms with Gasteiger partial charge in [0.15, 0.2) is 0 Å². The third-order valence-electron chi connectivity index (χ3n) is 3.46. The van der Waals surface area contributed by atoms with Gasteiger partial charge in [0.2, 0.25) is 5.91 Å². The third-order valence-corrected chi connectivity index (χ3v) is 4.93. The Kier molecular flexibility index (Phi) is 6.31. The maximum Gasteiger partial charge on any atom is 0.257 e. The number of amides is 1. The number of hydrogen-bond donors (Lipinski definition) is 1. The lowest BCUT2D eigenvalue weighted by Gasteiger charge is -2.20. The lowest BCUT2D eigenvalue weighted by atomic mass is 10.2. The van der Waals surface area contributed by atoms with Gasteiger partial charge < -0.3 is 4.90 Å². The number of carbonyl (C=O) groups is 1. The number of hydrogen-bond acceptors (Lipinski definition) is 3. The molecule has 0 saturated heterocycles. The van der Waals surface area contributed by atoms with Crippen molar-refractivity contribution in [3.05, 3.63) is 52.8 Å². The highest BCUT2D eigenvalue weighted by molar-refractivity contribution is 7.96. The normalized spacial score (nSPS) is 12.2. The first-order valence-electron chi connectivity index (χ1n) is 7.39. The predicted octanol–water partition coefficient (Wildman–Crippen LogP) is 3.41. The Hall–Kier alpha value is -2.15. The SMILES string of the molecule is C=C(C=C(C)S(=O)(=O)Nc1ccc(F)c(C)c1)N(C)C(=O)C(C)C. The monoisotopic (exact) mass is 354 g/mol. The van der Waals surface area contributed by atoms with Crippen molar-refractivity contribution in [2.24, 2.45) is 5.92 Å². The van der Waals surface area contributed by atoms with E-state index >= 15 is 0 Å². The minimum absolute atomic E-state index is 0.00196. The molecular formula is C17H23FN2O3S. The van der Waals surface area contributed by atoms with Gasteiger partial charge in [0.25, 0.3) is 10.0 Å². The number of rotatable bonds is 6. The highest BCUT2D eigenvalue weighted by Crippen LogP contribution is 2.19. The van der Waals surface area contributed by atoms with E-state index in [9.17, 15) is 17.6 Å². The standard InChI is InChI=1S/C17H23FN2O3S/c1-11(2)17(21)20(6)13(4)10-14(5)24(22,23)19-15-7-8-16(18)12(3)9-15/h7-11,19H,4H2,1-3,5-6H3. The summed E-state index contributed by atoms with van der Waals surface area (Å²) < 4.78 is 40.3. The first-order valence-corrected chi connectivity index (χ1v) is 8.87. The van der Waals surface area contributed by atoms with Crippen molar-refractivity contribution in [2.75, 3.05) is 11.8 Å². The van der Waals surface area contributed by atoms with Gasteiger partial charge in [-0.15, -0.1) is 0 Å². The van der Waals surface area contributed by atoms with E-state index in [-0.39, 0.29) is 28.1 Å². The van der Waals surface area contributed by atoms with Gasteiger partial charge in [-0.1, -0.05) is 20.4 Å². The van der Waals surface area contributed by atoms with Gasteiger partial charge in [-0.25, -0.2) is 12.8 Å². The van der Waals surface area contributed by atoms with Gasteiger partial charge in [0.1, 0.15) is 5.82 Å². The molecule has 0 atom stereocenters. The Morgan fingerprint density at radius 3 is 2.46 bits per heavy atom. The molecule has 1 amide bonds. The largest absolute Gasteiger partial charge is 0.316 e. The van der Waals surface area contributed by atoms with Crippen LogP contribution in [0.3, 0.4) is 0 Å². The van der Waals surface area contributed by atoms with Crippen LogP contribution in [0.5, 0.6) is 0 Å². The maximum absolute atomic E-state index is 13.3. The van der Waals surface area contributed by atoms with Crippen LogP contribution in [0.25, 0.3) is 0 Å². The molecule has 0 bridgehead atoms. The molecule has 0 aliphatic rings. The summed E-state index contributed by atoms with van der Waals surface area (Å²) in [6.07, 6.45) is 1.32. The molecule has 1 aromatic carbocycles. The van der Waals surface area contributed by atoms with Crippen LogP contribution in [0.2, 0.25) is 0 Å². The van der Waals surface area contributed by atoms with Gasteiger partial charge in [-0.3, -0.25) is 9.52 Å². The van der Waals surface area contributed by atoms with Crippen molar-refractivity contribution in [3.8, 4) is 0 Å². The van der Waals surface area contributed by atoms with E-state index in [0.717, 1.165) is 0 Å². The summed E-state index contributed by atoms with van der Waals surface area (Å²) in [5.74, 6) is -0.798. The van der Waals surface area contributed by atoms with Crippen LogP contribution in [-0.2, 0) is 14.8 Å². The maximum atomic E-state index is 13.3. The van der Waals surface area contributed by atoms with E-state index < -0.39 is 15.8 Å². The zero-order valence-corrected chi connectivity index (χ0v) is 15.4. The predicted molar refractivity (Wildman–Crippen MR) is 94.2 cm³/mol. The molecule has 0 aromatic heterocycles. The van der Waals surface area contributed by atoms with Gasteiger partial charge >= 0.3 is 0 Å². The second-order valence-corrected chi connectivity index (χ2v) is 7.72. The Balaban J connectivity index is 2.98. The average Bonchev–Trinajstić information content (AvgIpc) is 2.48. The topological polar surface area (TPSA) is 66.5 Å². The molecule has 0 unspecified atom stereocenters. The molecule has 0 saturated carbocycles. The Labute approximate surface area is 142 Å². The van der Waals surface area contributed by atoms with E-state index in [1.807, 2.05) is 0 Å². The van der Waals surface area contributed by atoms with E-state index in [0.29, 0.717) is 5.56 Å². The number of anilines is 1. The molecule has 0 aliphatic carbocycles. The minimum Gasteiger partial charge on any atom is -0.316 e. The van der Waals surface area contributed by atoms with Gasteiger partial charge in [-0.2, -0.15) is 0 Å². The molecule has 0 aliphatic heterocycles. The zero-order chi connectivity index (χ0) is 18.7. The summed E-state index contributed by atoms with van der Waals surface area (Å²) in [4.78, 5) is 13.2. The first-order chi connectivity index (χ1) is 11.0. The van der Waals surface area contributed by atoms with Gasteiger partial charge in [0, 0.05) is 24.4 Å². The molecule has 0 fully saturated rings. The molecule has 132 valence electrons. The first kappa shape index (κ1) is 19.9. The number of nitrogens with one attached hydrogen (secondary N) is 1. The Morgan fingerprint density at radius 1 is 1.38 bits per heavy atom. The second kappa shape index (κ2) is 7.61. The van der Waals surface area contributed by atoms with Crippen LogP contribution in [0, 0.1) is 18.7 Å². The van der Waals surface area contributed by atoms with Gasteiger partial charge in [-0.05, 0) is 43.7 Å². The van der Waals surface area contributed by atoms with Crippen molar-refractivity contribution < 1.29 is 17.6 Å². The molecule has 7 heteroatoms. The minimum atomic E-state index is -3.83. The summed E-state index contributed by atoms with van der Waals surface area (Å²) in [7, 11) is -2.29. The molecule has 0 spiro atoms. The Morgan fingerprint density at radius 2 is 1.96 bits per heavy atom. The molecule has 1 aromatic rings. The van der Waals surface area contributed by atoms with Crippen molar-refractivity contribution >= 4 is 21.6 Å². The van der Waals surface area contributed by atoms with Crippen LogP contribution >= 0.6 is 0 Å². The van der Waals surface area contributed by atoms with Crippen LogP contribution in [0.15, 0.2) is 41.5 Å². The fourth-order valence-electron chi connectivity index (χ4n) is 1.88. The summed E-state index contributed by atoms with van der Waals surface area (Å²) in [5.41, 5.74) is 0.870. The number of likely N-dealkylation sites (N-methyl/N-ethyl adjacent to an activating group) is 1. The fraction of sp³-hybridized carbons (Fsp3) is 0.353. The summed E-state index contributed by atoms with van der Waals surface area (Å²) in [5, 5.41) is 0. The quantitative estimate of drug-likeness (QED) is 0.796. The second-order valence-electron chi connectivity index (χ2n) is 5.87. The molecule has 5 nitrogen and oxygen atoms in total. The van der Waals surface area contributed by atoms with E-state index in [4.69, 9.17) is 0 Å². The van der Waals surface area contributed by atoms with Crippen LogP contribution in [-0.4, -0.2) is 26.3 Å². The number of allylic oxidation sites excluding steroid dienone is 2.